The van der Waals surface area contributed by atoms with Crippen molar-refractivity contribution in [2.45, 2.75) is 116 Å². The highest BCUT2D eigenvalue weighted by atomic mass is 16.5. The Kier molecular flexibility index (Phi) is 4.45. The van der Waals surface area contributed by atoms with Gasteiger partial charge in [-0.2, -0.15) is 0 Å². The van der Waals surface area contributed by atoms with Crippen LogP contribution in [0.5, 0.6) is 0 Å². The van der Waals surface area contributed by atoms with E-state index in [9.17, 15) is 9.90 Å². The van der Waals surface area contributed by atoms with Gasteiger partial charge in [0.1, 0.15) is 0 Å². The minimum absolute atomic E-state index is 0. The van der Waals surface area contributed by atoms with Crippen molar-refractivity contribution >= 4 is 5.91 Å². The van der Waals surface area contributed by atoms with Crippen LogP contribution in [0, 0.1) is 45.3 Å². The van der Waals surface area contributed by atoms with Gasteiger partial charge < -0.3 is 14.7 Å². The summed E-state index contributed by atoms with van der Waals surface area (Å²) in [6, 6.07) is 0. The van der Waals surface area contributed by atoms with Crippen molar-refractivity contribution in [3.8, 4) is 0 Å². The molecule has 0 bridgehead atoms. The van der Waals surface area contributed by atoms with Gasteiger partial charge in [0.05, 0.1) is 18.3 Å². The summed E-state index contributed by atoms with van der Waals surface area (Å²) in [5.41, 5.74) is 1.65. The molecule has 8 unspecified atom stereocenters. The molecule has 2 saturated heterocycles. The summed E-state index contributed by atoms with van der Waals surface area (Å²) in [5.74, 6) is 3.49. The van der Waals surface area contributed by atoms with Gasteiger partial charge in [-0.25, -0.2) is 0 Å². The van der Waals surface area contributed by atoms with E-state index in [1.807, 2.05) is 0 Å². The molecule has 186 valence electrons. The van der Waals surface area contributed by atoms with Gasteiger partial charge in [-0.1, -0.05) is 20.8 Å². The normalized spacial score (nSPS) is 56.4. The molecule has 0 radical (unpaired) electrons. The molecule has 2 spiro atoms. The summed E-state index contributed by atoms with van der Waals surface area (Å²) >= 11 is 0. The molecule has 0 aromatic carbocycles. The number of hydrogen-bond donors (Lipinski definition) is 1. The number of ether oxygens (including phenoxy) is 1. The largest absolute Gasteiger partial charge is 0.393 e. The van der Waals surface area contributed by atoms with Gasteiger partial charge in [-0.3, -0.25) is 4.79 Å². The Morgan fingerprint density at radius 2 is 1.82 bits per heavy atom. The summed E-state index contributed by atoms with van der Waals surface area (Å²) in [4.78, 5) is 14.2. The van der Waals surface area contributed by atoms with Crippen LogP contribution in [0.15, 0.2) is 0 Å². The number of nitrogens with zero attached hydrogens (tertiary/aromatic N) is 1. The van der Waals surface area contributed by atoms with E-state index < -0.39 is 0 Å². The Hall–Kier alpha value is -0.610. The fourth-order valence-electron chi connectivity index (χ4n) is 11.6. The van der Waals surface area contributed by atoms with Gasteiger partial charge in [0.25, 0.3) is 0 Å². The van der Waals surface area contributed by atoms with Gasteiger partial charge in [0, 0.05) is 20.9 Å². The zero-order valence-electron chi connectivity index (χ0n) is 21.2. The smallest absolute Gasteiger partial charge is 0.222 e. The first-order valence-corrected chi connectivity index (χ1v) is 14.3. The Labute approximate surface area is 201 Å². The monoisotopic (exact) mass is 457 g/mol. The maximum atomic E-state index is 12.2. The van der Waals surface area contributed by atoms with E-state index in [4.69, 9.17) is 4.74 Å². The number of likely N-dealkylation sites (tertiary alicyclic amines) is 1. The van der Waals surface area contributed by atoms with Crippen LogP contribution in [0.3, 0.4) is 0 Å². The van der Waals surface area contributed by atoms with Crippen molar-refractivity contribution in [3.05, 3.63) is 0 Å². The summed E-state index contributed by atoms with van der Waals surface area (Å²) in [5, 5.41) is 10.8. The molecule has 7 fully saturated rings. The maximum Gasteiger partial charge on any atom is 0.222 e. The summed E-state index contributed by atoms with van der Waals surface area (Å²) < 4.78 is 6.83. The third kappa shape index (κ3) is 2.64. The second kappa shape index (κ2) is 6.78. The predicted molar refractivity (Wildman–Crippen MR) is 129 cm³/mol. The molecule has 2 aliphatic heterocycles. The van der Waals surface area contributed by atoms with E-state index in [1.54, 1.807) is 0 Å². The molecule has 7 rings (SSSR count). The summed E-state index contributed by atoms with van der Waals surface area (Å²) in [6.07, 6.45) is 15.3. The van der Waals surface area contributed by atoms with E-state index >= 15 is 0 Å². The Balaban J connectivity index is 0.00000217. The Morgan fingerprint density at radius 3 is 2.61 bits per heavy atom. The Morgan fingerprint density at radius 1 is 1.00 bits per heavy atom. The fraction of sp³-hybridized carbons (Fsp3) is 0.966. The molecular formula is C29H47NO3. The van der Waals surface area contributed by atoms with Gasteiger partial charge in [-0.15, -0.1) is 0 Å². The van der Waals surface area contributed by atoms with Crippen LogP contribution in [0.4, 0.5) is 0 Å². The summed E-state index contributed by atoms with van der Waals surface area (Å²) in [6.45, 7) is 9.14. The number of hydrogen-bond acceptors (Lipinski definition) is 3. The average molecular weight is 458 g/mol. The number of carbonyl (C=O) groups is 1. The zero-order chi connectivity index (χ0) is 22.8. The minimum atomic E-state index is -0.113. The predicted octanol–water partition coefficient (Wildman–Crippen LogP) is 5.42. The van der Waals surface area contributed by atoms with Crippen molar-refractivity contribution in [3.63, 3.8) is 0 Å². The molecular weight excluding hydrogens is 410 g/mol. The molecule has 1 N–H and O–H groups in total. The highest BCUT2D eigenvalue weighted by molar-refractivity contribution is 5.78. The topological polar surface area (TPSA) is 49.8 Å². The standard InChI is InChI=1S/C29H45NO3.H2/c1-26(2)23-9-8-19-21-15-22-20(7-6-18(33-22)16-30-14-4-5-25(30)32)27(21,3)12-13-28(19)17-29(23,28)11-10-24(26)31;/h18-24,31H,4-17H2,1-3H3;1H/t18?,19?,20?,21?,22?,23?,24-,27?,28-,29?;/m0./s1. The number of carbonyl (C=O) groups excluding carboxylic acids is 1. The number of rotatable bonds is 2. The van der Waals surface area contributed by atoms with Crippen molar-refractivity contribution in [2.24, 2.45) is 45.3 Å². The number of amides is 1. The van der Waals surface area contributed by atoms with Gasteiger partial charge in [0.15, 0.2) is 0 Å². The van der Waals surface area contributed by atoms with Crippen molar-refractivity contribution < 1.29 is 16.1 Å². The first kappa shape index (κ1) is 21.7. The number of fused-ring (bicyclic) bond motifs is 4. The lowest BCUT2D eigenvalue weighted by molar-refractivity contribution is -0.138. The third-order valence-corrected chi connectivity index (χ3v) is 13.2. The van der Waals surface area contributed by atoms with Gasteiger partial charge in [0.2, 0.25) is 5.91 Å². The SMILES string of the molecule is CC12CC[C@@]34CC35CC[C@H](O)C(C)(C)C5CCC4C1CC1OC(CN3CCCC3=O)CCC12.[HH]. The Bertz CT molecular complexity index is 862. The third-order valence-electron chi connectivity index (χ3n) is 13.2. The van der Waals surface area contributed by atoms with Crippen molar-refractivity contribution in [1.82, 2.24) is 4.90 Å². The van der Waals surface area contributed by atoms with Gasteiger partial charge >= 0.3 is 0 Å². The number of aliphatic hydroxyl groups excluding tert-OH is 1. The van der Waals surface area contributed by atoms with Crippen LogP contribution >= 0.6 is 0 Å². The van der Waals surface area contributed by atoms with E-state index in [0.29, 0.717) is 28.3 Å². The van der Waals surface area contributed by atoms with Crippen molar-refractivity contribution in [2.75, 3.05) is 13.1 Å². The molecule has 1 amide bonds. The first-order chi connectivity index (χ1) is 15.7. The molecule has 0 aromatic rings. The number of aliphatic hydroxyl groups is 1. The highest BCUT2D eigenvalue weighted by Crippen LogP contribution is 2.87. The second-order valence-corrected chi connectivity index (χ2v) is 14.4. The maximum absolute atomic E-state index is 12.2. The molecule has 0 aromatic heterocycles. The molecule has 7 aliphatic rings. The van der Waals surface area contributed by atoms with Crippen LogP contribution in [0.1, 0.15) is 99.2 Å². The lowest BCUT2D eigenvalue weighted by Gasteiger charge is -2.59. The second-order valence-electron chi connectivity index (χ2n) is 14.4. The molecule has 33 heavy (non-hydrogen) atoms. The van der Waals surface area contributed by atoms with E-state index in [0.717, 1.165) is 62.4 Å². The van der Waals surface area contributed by atoms with Crippen LogP contribution in [0.2, 0.25) is 0 Å². The van der Waals surface area contributed by atoms with Crippen LogP contribution in [-0.2, 0) is 9.53 Å². The average Bonchev–Trinajstić information content (AvgIpc) is 3.13. The zero-order valence-corrected chi connectivity index (χ0v) is 21.2. The lowest BCUT2D eigenvalue weighted by atomic mass is 9.46. The molecule has 2 heterocycles. The highest BCUT2D eigenvalue weighted by Gasteiger charge is 2.80. The van der Waals surface area contributed by atoms with E-state index in [1.165, 1.54) is 51.4 Å². The molecule has 4 nitrogen and oxygen atoms in total. The van der Waals surface area contributed by atoms with Crippen LogP contribution in [-0.4, -0.2) is 47.3 Å². The van der Waals surface area contributed by atoms with Crippen molar-refractivity contribution in [1.29, 1.82) is 0 Å². The summed E-state index contributed by atoms with van der Waals surface area (Å²) in [7, 11) is 0. The van der Waals surface area contributed by atoms with E-state index in [2.05, 4.69) is 25.7 Å². The molecule has 5 aliphatic carbocycles. The lowest BCUT2D eigenvalue weighted by Crippen LogP contribution is -2.54. The fourth-order valence-corrected chi connectivity index (χ4v) is 11.6. The molecule has 4 heteroatoms. The molecule has 10 atom stereocenters. The van der Waals surface area contributed by atoms with E-state index in [-0.39, 0.29) is 19.0 Å². The van der Waals surface area contributed by atoms with Crippen LogP contribution < -0.4 is 0 Å². The van der Waals surface area contributed by atoms with Gasteiger partial charge in [-0.05, 0) is 116 Å². The first-order valence-electron chi connectivity index (χ1n) is 14.3. The quantitative estimate of drug-likeness (QED) is 0.602. The molecule has 5 saturated carbocycles. The minimum Gasteiger partial charge on any atom is -0.393 e. The van der Waals surface area contributed by atoms with Crippen LogP contribution in [0.25, 0.3) is 0 Å².